The molecule has 0 aromatic rings. The molecular weight excluding hydrogens is 351 g/mol. The lowest BCUT2D eigenvalue weighted by molar-refractivity contribution is -0.140. The first-order chi connectivity index (χ1) is 12.9. The molecule has 5 nitrogen and oxygen atoms in total. The molecule has 0 aromatic heterocycles. The smallest absolute Gasteiger partial charge is 0.305 e. The van der Waals surface area contributed by atoms with Crippen LogP contribution in [0.2, 0.25) is 0 Å². The van der Waals surface area contributed by atoms with Crippen LogP contribution < -0.4 is 0 Å². The van der Waals surface area contributed by atoms with Crippen LogP contribution in [0.15, 0.2) is 24.3 Å². The summed E-state index contributed by atoms with van der Waals surface area (Å²) >= 11 is 0. The number of methoxy groups -OCH3 is 1. The third-order valence-electron chi connectivity index (χ3n) is 5.19. The van der Waals surface area contributed by atoms with E-state index in [1.54, 1.807) is 12.2 Å². The van der Waals surface area contributed by atoms with Crippen LogP contribution in [0.4, 0.5) is 4.39 Å². The number of aliphatic hydroxyl groups is 3. The van der Waals surface area contributed by atoms with E-state index in [9.17, 15) is 24.5 Å². The van der Waals surface area contributed by atoms with Gasteiger partial charge in [-0.05, 0) is 25.7 Å². The van der Waals surface area contributed by atoms with Gasteiger partial charge in [-0.15, -0.1) is 0 Å². The maximum atomic E-state index is 14.1. The highest BCUT2D eigenvalue weighted by atomic mass is 19.1. The first-order valence-corrected chi connectivity index (χ1v) is 10.0. The number of rotatable bonds is 12. The number of ether oxygens (including phenoxy) is 1. The number of hydrogen-bond acceptors (Lipinski definition) is 5. The molecule has 0 radical (unpaired) electrons. The Morgan fingerprint density at radius 3 is 2.59 bits per heavy atom. The standard InChI is InChI=1S/C21H35FO5/c1-3-4-7-10-15(23)13-14-17-16(20(25)19(22)21(17)26)11-8-5-6-9-12-18(24)27-2/h5,8,13-17,19-21,23,25-26H,3-4,6-7,9-12H2,1-2H3/b8-5-,14-13+/t15-,16+,17?,19+,20+,21-/m0/s1. The fourth-order valence-electron chi connectivity index (χ4n) is 3.48. The lowest BCUT2D eigenvalue weighted by Gasteiger charge is -2.19. The molecule has 1 aliphatic carbocycles. The quantitative estimate of drug-likeness (QED) is 0.273. The van der Waals surface area contributed by atoms with Gasteiger partial charge in [0.1, 0.15) is 0 Å². The van der Waals surface area contributed by atoms with Crippen LogP contribution in [0.1, 0.15) is 58.3 Å². The molecule has 0 amide bonds. The molecule has 0 spiro atoms. The number of alkyl halides is 1. The van der Waals surface area contributed by atoms with E-state index in [1.807, 2.05) is 12.2 Å². The average Bonchev–Trinajstić information content (AvgIpc) is 2.86. The number of esters is 1. The van der Waals surface area contributed by atoms with Crippen molar-refractivity contribution in [2.75, 3.05) is 7.11 Å². The number of halogens is 1. The summed E-state index contributed by atoms with van der Waals surface area (Å²) in [6.45, 7) is 2.09. The first-order valence-electron chi connectivity index (χ1n) is 10.0. The summed E-state index contributed by atoms with van der Waals surface area (Å²) in [6.07, 6.45) is 8.02. The van der Waals surface area contributed by atoms with Gasteiger partial charge in [0.05, 0.1) is 25.4 Å². The van der Waals surface area contributed by atoms with Crippen LogP contribution in [0, 0.1) is 11.8 Å². The third-order valence-corrected chi connectivity index (χ3v) is 5.19. The number of allylic oxidation sites excluding steroid dienone is 2. The maximum Gasteiger partial charge on any atom is 0.305 e. The van der Waals surface area contributed by atoms with E-state index in [-0.39, 0.29) is 5.97 Å². The van der Waals surface area contributed by atoms with Crippen LogP contribution in [-0.2, 0) is 9.53 Å². The zero-order valence-electron chi connectivity index (χ0n) is 16.5. The molecule has 1 unspecified atom stereocenters. The van der Waals surface area contributed by atoms with Crippen LogP contribution in [0.25, 0.3) is 0 Å². The molecule has 0 aliphatic heterocycles. The van der Waals surface area contributed by atoms with E-state index in [0.717, 1.165) is 19.3 Å². The van der Waals surface area contributed by atoms with Crippen molar-refractivity contribution in [2.45, 2.75) is 82.8 Å². The molecule has 27 heavy (non-hydrogen) atoms. The number of carbonyl (C=O) groups is 1. The molecule has 1 fully saturated rings. The zero-order valence-corrected chi connectivity index (χ0v) is 16.5. The summed E-state index contributed by atoms with van der Waals surface area (Å²) < 4.78 is 18.6. The van der Waals surface area contributed by atoms with Gasteiger partial charge in [0.15, 0.2) is 6.17 Å². The summed E-state index contributed by atoms with van der Waals surface area (Å²) in [5.74, 6) is -1.22. The molecule has 0 heterocycles. The number of unbranched alkanes of at least 4 members (excludes halogenated alkanes) is 3. The lowest BCUT2D eigenvalue weighted by Crippen LogP contribution is -2.26. The number of carbonyl (C=O) groups excluding carboxylic acids is 1. The van der Waals surface area contributed by atoms with Gasteiger partial charge in [-0.1, -0.05) is 50.5 Å². The molecule has 6 atom stereocenters. The third kappa shape index (κ3) is 8.11. The van der Waals surface area contributed by atoms with Gasteiger partial charge < -0.3 is 20.1 Å². The Bertz CT molecular complexity index is 479. The minimum Gasteiger partial charge on any atom is -0.469 e. The average molecular weight is 387 g/mol. The van der Waals surface area contributed by atoms with E-state index < -0.39 is 36.3 Å². The Morgan fingerprint density at radius 1 is 1.19 bits per heavy atom. The highest BCUT2D eigenvalue weighted by molar-refractivity contribution is 5.69. The van der Waals surface area contributed by atoms with Crippen molar-refractivity contribution in [3.05, 3.63) is 24.3 Å². The highest BCUT2D eigenvalue weighted by Gasteiger charge is 2.48. The van der Waals surface area contributed by atoms with Gasteiger partial charge in [0.25, 0.3) is 0 Å². The Kier molecular flexibility index (Phi) is 11.5. The van der Waals surface area contributed by atoms with Gasteiger partial charge in [-0.25, -0.2) is 4.39 Å². The molecule has 0 bridgehead atoms. The van der Waals surface area contributed by atoms with Gasteiger partial charge in [-0.2, -0.15) is 0 Å². The van der Waals surface area contributed by atoms with Gasteiger partial charge in [0.2, 0.25) is 0 Å². The summed E-state index contributed by atoms with van der Waals surface area (Å²) in [6, 6.07) is 0. The molecule has 0 saturated heterocycles. The topological polar surface area (TPSA) is 87.0 Å². The summed E-state index contributed by atoms with van der Waals surface area (Å²) in [5, 5.41) is 30.2. The molecular formula is C21H35FO5. The second-order valence-corrected chi connectivity index (χ2v) is 7.29. The van der Waals surface area contributed by atoms with Crippen molar-refractivity contribution >= 4 is 5.97 Å². The number of aliphatic hydroxyl groups excluding tert-OH is 3. The van der Waals surface area contributed by atoms with E-state index in [2.05, 4.69) is 11.7 Å². The van der Waals surface area contributed by atoms with Gasteiger partial charge in [-0.3, -0.25) is 4.79 Å². The van der Waals surface area contributed by atoms with Gasteiger partial charge >= 0.3 is 5.97 Å². The zero-order chi connectivity index (χ0) is 20.2. The van der Waals surface area contributed by atoms with Crippen molar-refractivity contribution in [3.63, 3.8) is 0 Å². The maximum absolute atomic E-state index is 14.1. The lowest BCUT2D eigenvalue weighted by atomic mass is 9.89. The van der Waals surface area contributed by atoms with Crippen LogP contribution in [-0.4, -0.2) is 52.9 Å². The summed E-state index contributed by atoms with van der Waals surface area (Å²) in [7, 11) is 1.35. The fraction of sp³-hybridized carbons (Fsp3) is 0.762. The Balaban J connectivity index is 2.54. The predicted molar refractivity (Wildman–Crippen MR) is 103 cm³/mol. The monoisotopic (exact) mass is 386 g/mol. The van der Waals surface area contributed by atoms with Crippen LogP contribution in [0.3, 0.4) is 0 Å². The van der Waals surface area contributed by atoms with Crippen molar-refractivity contribution in [2.24, 2.45) is 11.8 Å². The molecule has 1 aliphatic rings. The summed E-state index contributed by atoms with van der Waals surface area (Å²) in [4.78, 5) is 11.0. The Morgan fingerprint density at radius 2 is 1.93 bits per heavy atom. The minimum absolute atomic E-state index is 0.249. The van der Waals surface area contributed by atoms with Crippen LogP contribution >= 0.6 is 0 Å². The molecule has 3 N–H and O–H groups in total. The van der Waals surface area contributed by atoms with Crippen molar-refractivity contribution in [3.8, 4) is 0 Å². The van der Waals surface area contributed by atoms with Gasteiger partial charge in [0, 0.05) is 18.3 Å². The Hall–Kier alpha value is -1.24. The predicted octanol–water partition coefficient (Wildman–Crippen LogP) is 3.08. The van der Waals surface area contributed by atoms with E-state index in [0.29, 0.717) is 32.1 Å². The largest absolute Gasteiger partial charge is 0.469 e. The molecule has 1 rings (SSSR count). The first kappa shape index (κ1) is 23.8. The van der Waals surface area contributed by atoms with E-state index in [4.69, 9.17) is 0 Å². The Labute approximate surface area is 161 Å². The molecule has 1 saturated carbocycles. The molecule has 156 valence electrons. The SMILES string of the molecule is CCCCC[C@H](O)/C=C/C1[C@@H](C/C=C\CCCC(=O)OC)[C@@H](O)[C@@H](F)[C@H]1O. The van der Waals surface area contributed by atoms with E-state index in [1.165, 1.54) is 7.11 Å². The second-order valence-electron chi connectivity index (χ2n) is 7.29. The van der Waals surface area contributed by atoms with Crippen molar-refractivity contribution in [1.29, 1.82) is 0 Å². The van der Waals surface area contributed by atoms with E-state index >= 15 is 0 Å². The summed E-state index contributed by atoms with van der Waals surface area (Å²) in [5.41, 5.74) is 0. The normalized spacial score (nSPS) is 29.6. The minimum atomic E-state index is -1.69. The van der Waals surface area contributed by atoms with Crippen molar-refractivity contribution in [1.82, 2.24) is 0 Å². The fourth-order valence-corrected chi connectivity index (χ4v) is 3.48. The van der Waals surface area contributed by atoms with Crippen LogP contribution in [0.5, 0.6) is 0 Å². The molecule has 0 aromatic carbocycles. The second kappa shape index (κ2) is 13.0. The van der Waals surface area contributed by atoms with Crippen molar-refractivity contribution < 1.29 is 29.2 Å². The highest BCUT2D eigenvalue weighted by Crippen LogP contribution is 2.38. The number of hydrogen-bond donors (Lipinski definition) is 3. The molecule has 6 heteroatoms.